The van der Waals surface area contributed by atoms with Crippen LogP contribution in [0.4, 0.5) is 0 Å². The van der Waals surface area contributed by atoms with Crippen molar-refractivity contribution in [3.05, 3.63) is 0 Å². The Morgan fingerprint density at radius 2 is 1.79 bits per heavy atom. The zero-order valence-corrected chi connectivity index (χ0v) is 12.1. The number of carbonyl (C=O) groups excluding carboxylic acids is 1. The van der Waals surface area contributed by atoms with Crippen LogP contribution in [-0.2, 0) is 9.59 Å². The highest BCUT2D eigenvalue weighted by Crippen LogP contribution is 2.27. The first-order chi connectivity index (χ1) is 9.09. The molecule has 1 aliphatic rings. The van der Waals surface area contributed by atoms with Crippen LogP contribution in [0.1, 0.15) is 64.2 Å². The largest absolute Gasteiger partial charge is 0.481 e. The molecule has 0 aliphatic heterocycles. The molecule has 0 atom stereocenters. The van der Waals surface area contributed by atoms with Gasteiger partial charge in [0.15, 0.2) is 0 Å². The van der Waals surface area contributed by atoms with Crippen molar-refractivity contribution in [3.8, 4) is 0 Å². The van der Waals surface area contributed by atoms with E-state index in [-0.39, 0.29) is 12.3 Å². The second-order valence-electron chi connectivity index (χ2n) is 5.71. The van der Waals surface area contributed by atoms with Crippen molar-refractivity contribution in [2.45, 2.75) is 64.2 Å². The smallest absolute Gasteiger partial charge is 0.303 e. The number of hydrogen-bond acceptors (Lipinski definition) is 2. The Hall–Kier alpha value is -1.06. The van der Waals surface area contributed by atoms with Crippen LogP contribution in [0.2, 0.25) is 0 Å². The fourth-order valence-corrected chi connectivity index (χ4v) is 2.80. The van der Waals surface area contributed by atoms with Gasteiger partial charge in [0.1, 0.15) is 0 Å². The van der Waals surface area contributed by atoms with Crippen LogP contribution in [0, 0.1) is 5.92 Å². The molecule has 0 heterocycles. The molecule has 1 N–H and O–H groups in total. The Labute approximate surface area is 116 Å². The van der Waals surface area contributed by atoms with Crippen molar-refractivity contribution in [2.24, 2.45) is 5.92 Å². The Kier molecular flexibility index (Phi) is 7.53. The number of nitrogens with zero attached hydrogens (tertiary/aromatic N) is 1. The summed E-state index contributed by atoms with van der Waals surface area (Å²) in [6.07, 6.45) is 10.0. The van der Waals surface area contributed by atoms with Gasteiger partial charge in [0.25, 0.3) is 0 Å². The molecule has 0 unspecified atom stereocenters. The van der Waals surface area contributed by atoms with Crippen molar-refractivity contribution in [1.82, 2.24) is 4.90 Å². The van der Waals surface area contributed by atoms with Crippen molar-refractivity contribution in [1.29, 1.82) is 0 Å². The zero-order valence-electron chi connectivity index (χ0n) is 12.1. The summed E-state index contributed by atoms with van der Waals surface area (Å²) in [5, 5.41) is 8.53. The second kappa shape index (κ2) is 8.94. The van der Waals surface area contributed by atoms with Crippen LogP contribution in [-0.4, -0.2) is 35.5 Å². The number of carbonyl (C=O) groups is 2. The Bertz CT molecular complexity index is 285. The van der Waals surface area contributed by atoms with Crippen LogP contribution < -0.4 is 0 Å². The highest BCUT2D eigenvalue weighted by molar-refractivity contribution is 5.76. The number of amides is 1. The Balaban J connectivity index is 2.06. The minimum absolute atomic E-state index is 0.0740. The maximum Gasteiger partial charge on any atom is 0.303 e. The molecule has 4 heteroatoms. The van der Waals surface area contributed by atoms with Gasteiger partial charge in [-0.15, -0.1) is 0 Å². The summed E-state index contributed by atoms with van der Waals surface area (Å²) < 4.78 is 0. The van der Waals surface area contributed by atoms with Gasteiger partial charge in [-0.3, -0.25) is 9.59 Å². The summed E-state index contributed by atoms with van der Waals surface area (Å²) >= 11 is 0. The molecule has 4 nitrogen and oxygen atoms in total. The van der Waals surface area contributed by atoms with Crippen molar-refractivity contribution in [3.63, 3.8) is 0 Å². The third-order valence-electron chi connectivity index (χ3n) is 4.04. The molecule has 1 aliphatic carbocycles. The van der Waals surface area contributed by atoms with Gasteiger partial charge < -0.3 is 10.0 Å². The lowest BCUT2D eigenvalue weighted by Gasteiger charge is -2.23. The predicted octanol–water partition coefficient (Wildman–Crippen LogP) is 3.06. The molecular weight excluding hydrogens is 242 g/mol. The molecule has 110 valence electrons. The molecule has 0 aromatic carbocycles. The first-order valence-corrected chi connectivity index (χ1v) is 7.55. The van der Waals surface area contributed by atoms with E-state index < -0.39 is 5.97 Å². The second-order valence-corrected chi connectivity index (χ2v) is 5.71. The maximum atomic E-state index is 11.7. The summed E-state index contributed by atoms with van der Waals surface area (Å²) in [6, 6.07) is 0. The number of rotatable bonds is 8. The standard InChI is InChI=1S/C15H27NO3/c1-16(14(17)10-5-11-15(18)19)12-6-9-13-7-3-2-4-8-13/h13H,2-12H2,1H3,(H,18,19). The molecule has 1 fully saturated rings. The molecule has 0 bridgehead atoms. The molecule has 1 amide bonds. The molecule has 0 saturated heterocycles. The summed E-state index contributed by atoms with van der Waals surface area (Å²) in [5.74, 6) is 0.113. The Morgan fingerprint density at radius 3 is 2.42 bits per heavy atom. The van der Waals surface area contributed by atoms with E-state index in [4.69, 9.17) is 5.11 Å². The lowest BCUT2D eigenvalue weighted by molar-refractivity contribution is -0.137. The first kappa shape index (κ1) is 16.0. The highest BCUT2D eigenvalue weighted by atomic mass is 16.4. The molecule has 0 radical (unpaired) electrons. The average Bonchev–Trinajstić information content (AvgIpc) is 2.39. The SMILES string of the molecule is CN(CCCC1CCCCC1)C(=O)CCCC(=O)O. The van der Waals surface area contributed by atoms with E-state index in [1.165, 1.54) is 38.5 Å². The van der Waals surface area contributed by atoms with Gasteiger partial charge in [0.2, 0.25) is 5.91 Å². The minimum atomic E-state index is -0.826. The predicted molar refractivity (Wildman–Crippen MR) is 74.9 cm³/mol. The molecular formula is C15H27NO3. The zero-order chi connectivity index (χ0) is 14.1. The van der Waals surface area contributed by atoms with Crippen LogP contribution >= 0.6 is 0 Å². The number of aliphatic carboxylic acids is 1. The quantitative estimate of drug-likeness (QED) is 0.736. The monoisotopic (exact) mass is 269 g/mol. The topological polar surface area (TPSA) is 57.6 Å². The molecule has 0 aromatic rings. The molecule has 1 saturated carbocycles. The normalized spacial score (nSPS) is 16.3. The summed E-state index contributed by atoms with van der Waals surface area (Å²) in [4.78, 5) is 23.9. The third-order valence-corrected chi connectivity index (χ3v) is 4.04. The third kappa shape index (κ3) is 7.19. The van der Waals surface area contributed by atoms with Gasteiger partial charge in [0.05, 0.1) is 0 Å². The van der Waals surface area contributed by atoms with E-state index in [1.807, 2.05) is 7.05 Å². The minimum Gasteiger partial charge on any atom is -0.481 e. The summed E-state index contributed by atoms with van der Waals surface area (Å²) in [6.45, 7) is 0.808. The van der Waals surface area contributed by atoms with E-state index in [9.17, 15) is 9.59 Å². The van der Waals surface area contributed by atoms with Crippen LogP contribution in [0.15, 0.2) is 0 Å². The van der Waals surface area contributed by atoms with Crippen molar-refractivity contribution < 1.29 is 14.7 Å². The van der Waals surface area contributed by atoms with E-state index in [2.05, 4.69) is 0 Å². The van der Waals surface area contributed by atoms with E-state index in [1.54, 1.807) is 4.90 Å². The van der Waals surface area contributed by atoms with Gasteiger partial charge in [-0.25, -0.2) is 0 Å². The fraction of sp³-hybridized carbons (Fsp3) is 0.867. The van der Waals surface area contributed by atoms with Crippen molar-refractivity contribution >= 4 is 11.9 Å². The summed E-state index contributed by atoms with van der Waals surface area (Å²) in [5.41, 5.74) is 0. The summed E-state index contributed by atoms with van der Waals surface area (Å²) in [7, 11) is 1.82. The fourth-order valence-electron chi connectivity index (χ4n) is 2.80. The Morgan fingerprint density at radius 1 is 1.11 bits per heavy atom. The number of carboxylic acid groups (broad SMARTS) is 1. The van der Waals surface area contributed by atoms with Gasteiger partial charge in [-0.2, -0.15) is 0 Å². The highest BCUT2D eigenvalue weighted by Gasteiger charge is 2.14. The molecule has 1 rings (SSSR count). The van der Waals surface area contributed by atoms with Crippen LogP contribution in [0.3, 0.4) is 0 Å². The van der Waals surface area contributed by atoms with E-state index in [0.29, 0.717) is 12.8 Å². The molecule has 0 spiro atoms. The van der Waals surface area contributed by atoms with Crippen LogP contribution in [0.25, 0.3) is 0 Å². The van der Waals surface area contributed by atoms with E-state index in [0.717, 1.165) is 18.9 Å². The van der Waals surface area contributed by atoms with Gasteiger partial charge in [-0.1, -0.05) is 32.1 Å². The molecule has 19 heavy (non-hydrogen) atoms. The van der Waals surface area contributed by atoms with E-state index >= 15 is 0 Å². The first-order valence-electron chi connectivity index (χ1n) is 7.55. The molecule has 0 aromatic heterocycles. The lowest BCUT2D eigenvalue weighted by Crippen LogP contribution is -2.28. The van der Waals surface area contributed by atoms with Gasteiger partial charge in [-0.05, 0) is 25.2 Å². The maximum absolute atomic E-state index is 11.7. The van der Waals surface area contributed by atoms with Gasteiger partial charge in [0, 0.05) is 26.4 Å². The number of hydrogen-bond donors (Lipinski definition) is 1. The average molecular weight is 269 g/mol. The lowest BCUT2D eigenvalue weighted by atomic mass is 9.86. The van der Waals surface area contributed by atoms with Crippen molar-refractivity contribution in [2.75, 3.05) is 13.6 Å². The van der Waals surface area contributed by atoms with Crippen LogP contribution in [0.5, 0.6) is 0 Å². The van der Waals surface area contributed by atoms with Gasteiger partial charge >= 0.3 is 5.97 Å². The number of carboxylic acids is 1.